The van der Waals surface area contributed by atoms with Gasteiger partial charge in [-0.15, -0.1) is 0 Å². The number of aliphatic hydroxyl groups excluding tert-OH is 1. The van der Waals surface area contributed by atoms with E-state index in [1.54, 1.807) is 4.90 Å². The van der Waals surface area contributed by atoms with Crippen LogP contribution in [0.15, 0.2) is 30.3 Å². The first kappa shape index (κ1) is 25.6. The Bertz CT molecular complexity index is 925. The second kappa shape index (κ2) is 10.7. The number of hydrogen-bond donors (Lipinski definition) is 3. The highest BCUT2D eigenvalue weighted by molar-refractivity contribution is 6.02. The van der Waals surface area contributed by atoms with Crippen molar-refractivity contribution in [3.63, 3.8) is 0 Å². The lowest BCUT2D eigenvalue weighted by atomic mass is 9.65. The fourth-order valence-electron chi connectivity index (χ4n) is 6.48. The molecule has 3 N–H and O–H groups in total. The van der Waals surface area contributed by atoms with E-state index >= 15 is 0 Å². The number of para-hydroxylation sites is 1. The lowest BCUT2D eigenvalue weighted by Crippen LogP contribution is -2.55. The Labute approximate surface area is 207 Å². The fraction of sp³-hybridized carbons (Fsp3) is 0.667. The average Bonchev–Trinajstić information content (AvgIpc) is 3.46. The molecule has 3 aliphatic heterocycles. The number of aliphatic hydroxyl groups is 1. The third kappa shape index (κ3) is 4.47. The number of amides is 3. The Morgan fingerprint density at radius 3 is 2.54 bits per heavy atom. The summed E-state index contributed by atoms with van der Waals surface area (Å²) < 4.78 is 6.73. The number of carbonyl (C=O) groups is 3. The largest absolute Gasteiger partial charge is 0.396 e. The van der Waals surface area contributed by atoms with Gasteiger partial charge in [0, 0.05) is 25.4 Å². The van der Waals surface area contributed by atoms with Crippen LogP contribution in [0.1, 0.15) is 65.2 Å². The van der Waals surface area contributed by atoms with Crippen LogP contribution in [-0.4, -0.2) is 64.7 Å². The molecule has 3 amide bonds. The van der Waals surface area contributed by atoms with Gasteiger partial charge in [0.2, 0.25) is 17.7 Å². The summed E-state index contributed by atoms with van der Waals surface area (Å²) in [5.74, 6) is -1.96. The smallest absolute Gasteiger partial charge is 0.245 e. The SMILES string of the molecule is CCCCCNC(=O)C1N(CCCCO)C(=O)[C@@H]2[C@H](C(=O)Nc3ccccc3)[C@]3(CC)CCC12O3. The third-order valence-corrected chi connectivity index (χ3v) is 8.14. The molecule has 0 saturated carbocycles. The predicted octanol–water partition coefficient (Wildman–Crippen LogP) is 2.86. The average molecular weight is 486 g/mol. The Hall–Kier alpha value is -2.45. The van der Waals surface area contributed by atoms with E-state index in [4.69, 9.17) is 4.74 Å². The van der Waals surface area contributed by atoms with E-state index in [1.165, 1.54) is 0 Å². The summed E-state index contributed by atoms with van der Waals surface area (Å²) >= 11 is 0. The van der Waals surface area contributed by atoms with Gasteiger partial charge in [0.05, 0.1) is 17.4 Å². The minimum atomic E-state index is -1.00. The van der Waals surface area contributed by atoms with E-state index < -0.39 is 29.1 Å². The molecule has 0 radical (unpaired) electrons. The topological polar surface area (TPSA) is 108 Å². The van der Waals surface area contributed by atoms with Gasteiger partial charge in [-0.05, 0) is 50.7 Å². The number of rotatable bonds is 12. The molecule has 3 heterocycles. The first-order valence-corrected chi connectivity index (χ1v) is 13.2. The van der Waals surface area contributed by atoms with Gasteiger partial charge in [0.15, 0.2) is 0 Å². The van der Waals surface area contributed by atoms with Crippen LogP contribution in [0.3, 0.4) is 0 Å². The van der Waals surface area contributed by atoms with Crippen molar-refractivity contribution in [3.05, 3.63) is 30.3 Å². The molecular weight excluding hydrogens is 446 g/mol. The molecule has 35 heavy (non-hydrogen) atoms. The highest BCUT2D eigenvalue weighted by Crippen LogP contribution is 2.64. The highest BCUT2D eigenvalue weighted by atomic mass is 16.5. The summed E-state index contributed by atoms with van der Waals surface area (Å²) in [4.78, 5) is 42.7. The molecule has 8 nitrogen and oxygen atoms in total. The normalized spacial score (nSPS) is 31.0. The number of anilines is 1. The van der Waals surface area contributed by atoms with Gasteiger partial charge in [-0.25, -0.2) is 0 Å². The van der Waals surface area contributed by atoms with E-state index in [0.717, 1.165) is 19.3 Å². The number of nitrogens with one attached hydrogen (secondary N) is 2. The zero-order chi connectivity index (χ0) is 25.1. The molecule has 2 bridgehead atoms. The summed E-state index contributed by atoms with van der Waals surface area (Å²) in [5, 5.41) is 15.3. The van der Waals surface area contributed by atoms with Gasteiger partial charge in [-0.2, -0.15) is 0 Å². The van der Waals surface area contributed by atoms with Crippen molar-refractivity contribution in [1.29, 1.82) is 0 Å². The van der Waals surface area contributed by atoms with Gasteiger partial charge in [-0.3, -0.25) is 14.4 Å². The van der Waals surface area contributed by atoms with Crippen LogP contribution in [0, 0.1) is 11.8 Å². The van der Waals surface area contributed by atoms with E-state index in [1.807, 2.05) is 37.3 Å². The lowest BCUT2D eigenvalue weighted by molar-refractivity contribution is -0.146. The lowest BCUT2D eigenvalue weighted by Gasteiger charge is -2.34. The summed E-state index contributed by atoms with van der Waals surface area (Å²) in [5.41, 5.74) is -1.08. The molecule has 8 heteroatoms. The molecule has 0 aliphatic carbocycles. The van der Waals surface area contributed by atoms with Crippen LogP contribution in [-0.2, 0) is 19.1 Å². The number of unbranched alkanes of at least 4 members (excludes halogenated alkanes) is 3. The van der Waals surface area contributed by atoms with Crippen LogP contribution in [0.5, 0.6) is 0 Å². The molecule has 4 rings (SSSR count). The van der Waals surface area contributed by atoms with Crippen molar-refractivity contribution in [2.24, 2.45) is 11.8 Å². The molecule has 2 unspecified atom stereocenters. The summed E-state index contributed by atoms with van der Waals surface area (Å²) in [6.07, 6.45) is 5.91. The number of likely N-dealkylation sites (tertiary alicyclic amines) is 1. The predicted molar refractivity (Wildman–Crippen MR) is 132 cm³/mol. The Kier molecular flexibility index (Phi) is 7.81. The highest BCUT2D eigenvalue weighted by Gasteiger charge is 2.78. The minimum absolute atomic E-state index is 0.0298. The van der Waals surface area contributed by atoms with Gasteiger partial charge in [0.1, 0.15) is 11.6 Å². The third-order valence-electron chi connectivity index (χ3n) is 8.14. The summed E-state index contributed by atoms with van der Waals surface area (Å²) in [6.45, 7) is 5.05. The van der Waals surface area contributed by atoms with Crippen LogP contribution >= 0.6 is 0 Å². The maximum atomic E-state index is 13.9. The van der Waals surface area contributed by atoms with Gasteiger partial charge in [-0.1, -0.05) is 44.9 Å². The van der Waals surface area contributed by atoms with E-state index in [0.29, 0.717) is 50.9 Å². The maximum Gasteiger partial charge on any atom is 0.245 e. The molecule has 1 spiro atoms. The van der Waals surface area contributed by atoms with Crippen LogP contribution < -0.4 is 10.6 Å². The molecule has 1 aromatic carbocycles. The van der Waals surface area contributed by atoms with Crippen molar-refractivity contribution in [2.75, 3.05) is 25.0 Å². The molecular formula is C27H39N3O5. The van der Waals surface area contributed by atoms with Crippen molar-refractivity contribution in [3.8, 4) is 0 Å². The van der Waals surface area contributed by atoms with E-state index in [2.05, 4.69) is 17.6 Å². The van der Waals surface area contributed by atoms with Crippen LogP contribution in [0.25, 0.3) is 0 Å². The standard InChI is InChI=1S/C27H39N3O5/c1-3-5-9-16-28-24(33)22-27-15-14-26(4-2,35-27)20(23(32)29-19-12-7-6-8-13-19)21(27)25(34)30(22)17-10-11-18-31/h6-8,12-13,20-22,31H,3-5,9-11,14-18H2,1-2H3,(H,28,33)(H,29,32)/t20-,21+,22?,26+,27?/m1/s1. The van der Waals surface area contributed by atoms with Gasteiger partial charge in [0.25, 0.3) is 0 Å². The van der Waals surface area contributed by atoms with Crippen molar-refractivity contribution in [1.82, 2.24) is 10.2 Å². The first-order chi connectivity index (χ1) is 16.9. The number of ether oxygens (including phenoxy) is 1. The zero-order valence-corrected chi connectivity index (χ0v) is 20.9. The number of benzene rings is 1. The second-order valence-electron chi connectivity index (χ2n) is 10.1. The maximum absolute atomic E-state index is 13.9. The van der Waals surface area contributed by atoms with E-state index in [9.17, 15) is 19.5 Å². The number of hydrogen-bond acceptors (Lipinski definition) is 5. The number of nitrogens with zero attached hydrogens (tertiary/aromatic N) is 1. The molecule has 3 aliphatic rings. The summed E-state index contributed by atoms with van der Waals surface area (Å²) in [6, 6.07) is 8.48. The number of fused-ring (bicyclic) bond motifs is 1. The molecule has 3 saturated heterocycles. The van der Waals surface area contributed by atoms with Crippen molar-refractivity contribution in [2.45, 2.75) is 82.5 Å². The minimum Gasteiger partial charge on any atom is -0.396 e. The Balaban J connectivity index is 1.65. The van der Waals surface area contributed by atoms with Crippen LogP contribution in [0.4, 0.5) is 5.69 Å². The molecule has 0 aromatic heterocycles. The molecule has 3 fully saturated rings. The molecule has 192 valence electrons. The number of carbonyl (C=O) groups excluding carboxylic acids is 3. The Morgan fingerprint density at radius 1 is 1.09 bits per heavy atom. The Morgan fingerprint density at radius 2 is 1.86 bits per heavy atom. The van der Waals surface area contributed by atoms with Gasteiger partial charge < -0.3 is 25.4 Å². The quantitative estimate of drug-likeness (QED) is 0.395. The monoisotopic (exact) mass is 485 g/mol. The zero-order valence-electron chi connectivity index (χ0n) is 20.9. The van der Waals surface area contributed by atoms with Crippen molar-refractivity contribution >= 4 is 23.4 Å². The first-order valence-electron chi connectivity index (χ1n) is 13.2. The van der Waals surface area contributed by atoms with Crippen molar-refractivity contribution < 1.29 is 24.2 Å². The van der Waals surface area contributed by atoms with Crippen LogP contribution in [0.2, 0.25) is 0 Å². The van der Waals surface area contributed by atoms with E-state index in [-0.39, 0.29) is 24.3 Å². The molecule has 5 atom stereocenters. The second-order valence-corrected chi connectivity index (χ2v) is 10.1. The molecule has 1 aromatic rings. The summed E-state index contributed by atoms with van der Waals surface area (Å²) in [7, 11) is 0. The fourth-order valence-corrected chi connectivity index (χ4v) is 6.48. The van der Waals surface area contributed by atoms with Gasteiger partial charge >= 0.3 is 0 Å².